The Morgan fingerprint density at radius 3 is 2.80 bits per heavy atom. The maximum absolute atomic E-state index is 13.3. The minimum absolute atomic E-state index is 0.00218. The number of nitrogen functional groups attached to an aromatic ring is 1. The maximum Gasteiger partial charge on any atom is 0.352 e. The molecule has 6 N–H and O–H groups in total. The molecule has 2 aliphatic heterocycles. The first-order valence-electron chi connectivity index (χ1n) is 13.6. The van der Waals surface area contributed by atoms with E-state index in [4.69, 9.17) is 27.3 Å². The summed E-state index contributed by atoms with van der Waals surface area (Å²) in [6, 6.07) is 2.70. The fraction of sp³-hybridized carbons (Fsp3) is 0.385. The van der Waals surface area contributed by atoms with Crippen LogP contribution < -0.4 is 20.9 Å². The topological polar surface area (TPSA) is 218 Å². The van der Waals surface area contributed by atoms with Crippen molar-refractivity contribution in [3.63, 3.8) is 0 Å². The summed E-state index contributed by atoms with van der Waals surface area (Å²) in [6.07, 6.45) is 3.06. The molecule has 45 heavy (non-hydrogen) atoms. The molecule has 0 aromatic carbocycles. The number of thioether (sulfide) groups is 1. The number of carboxylic acid groups (broad SMARTS) is 2. The molecule has 0 saturated carbocycles. The molecule has 5 rings (SSSR count). The third kappa shape index (κ3) is 6.44. The molecule has 5 heterocycles. The van der Waals surface area contributed by atoms with Gasteiger partial charge in [-0.2, -0.15) is 0 Å². The second kappa shape index (κ2) is 13.4. The Balaban J connectivity index is 1.36. The van der Waals surface area contributed by atoms with Crippen molar-refractivity contribution in [2.75, 3.05) is 25.1 Å². The number of thiazole rings is 1. The van der Waals surface area contributed by atoms with Gasteiger partial charge >= 0.3 is 17.6 Å². The van der Waals surface area contributed by atoms with Gasteiger partial charge in [0.1, 0.15) is 39.2 Å². The van der Waals surface area contributed by atoms with E-state index in [1.807, 2.05) is 34.5 Å². The van der Waals surface area contributed by atoms with E-state index in [1.54, 1.807) is 6.33 Å². The Bertz CT molecular complexity index is 1740. The fourth-order valence-corrected chi connectivity index (χ4v) is 7.13. The van der Waals surface area contributed by atoms with Gasteiger partial charge in [0, 0.05) is 17.9 Å². The third-order valence-corrected chi connectivity index (χ3v) is 9.49. The SMILES string of the molecule is CNCCCn1cnc2c1ccc[n+]2CC1=C(C(=O)O)N2C(=O)C(NC(=O)/C(=N\O[C@@H](C)C(=O)O)c3nc(N)sc3Cl)[C@H]2SC1. The van der Waals surface area contributed by atoms with Gasteiger partial charge < -0.3 is 36.0 Å². The van der Waals surface area contributed by atoms with Crippen molar-refractivity contribution in [1.29, 1.82) is 0 Å². The molecule has 1 fully saturated rings. The van der Waals surface area contributed by atoms with E-state index in [9.17, 15) is 24.3 Å². The van der Waals surface area contributed by atoms with Crippen LogP contribution in [0.4, 0.5) is 5.13 Å². The number of aromatic nitrogens is 4. The molecular weight excluding hydrogens is 650 g/mol. The molecule has 0 aliphatic carbocycles. The quantitative estimate of drug-likeness (QED) is 0.0541. The van der Waals surface area contributed by atoms with Crippen LogP contribution in [0.2, 0.25) is 4.34 Å². The number of nitrogens with two attached hydrogens (primary N) is 1. The van der Waals surface area contributed by atoms with Crippen LogP contribution >= 0.6 is 34.7 Å². The monoisotopic (exact) mass is 678 g/mol. The number of pyridine rings is 1. The van der Waals surface area contributed by atoms with Gasteiger partial charge in [-0.3, -0.25) is 14.5 Å². The predicted molar refractivity (Wildman–Crippen MR) is 164 cm³/mol. The number of rotatable bonds is 13. The fourth-order valence-electron chi connectivity index (χ4n) is 4.87. The average molecular weight is 679 g/mol. The molecule has 0 bridgehead atoms. The number of hydrogen-bond acceptors (Lipinski definition) is 12. The number of anilines is 1. The van der Waals surface area contributed by atoms with Crippen molar-refractivity contribution in [3.8, 4) is 0 Å². The lowest BCUT2D eigenvalue weighted by Crippen LogP contribution is -2.71. The largest absolute Gasteiger partial charge is 0.478 e. The van der Waals surface area contributed by atoms with E-state index in [0.717, 1.165) is 41.3 Å². The summed E-state index contributed by atoms with van der Waals surface area (Å²) in [5, 5.41) is 27.9. The van der Waals surface area contributed by atoms with Crippen LogP contribution in [0.1, 0.15) is 19.0 Å². The molecule has 3 atom stereocenters. The highest BCUT2D eigenvalue weighted by Crippen LogP contribution is 2.40. The Morgan fingerprint density at radius 1 is 1.36 bits per heavy atom. The molecule has 19 heteroatoms. The Kier molecular flexibility index (Phi) is 9.56. The Morgan fingerprint density at radius 2 is 2.13 bits per heavy atom. The minimum Gasteiger partial charge on any atom is -0.478 e. The molecule has 16 nitrogen and oxygen atoms in total. The number of fused-ring (bicyclic) bond motifs is 2. The molecule has 2 aliphatic rings. The van der Waals surface area contributed by atoms with Gasteiger partial charge in [-0.25, -0.2) is 19.1 Å². The van der Waals surface area contributed by atoms with Crippen molar-refractivity contribution in [2.24, 2.45) is 5.16 Å². The van der Waals surface area contributed by atoms with E-state index in [1.165, 1.54) is 18.7 Å². The summed E-state index contributed by atoms with van der Waals surface area (Å²) in [4.78, 5) is 64.9. The molecule has 3 aromatic heterocycles. The number of aryl methyl sites for hydroxylation is 1. The van der Waals surface area contributed by atoms with Gasteiger partial charge in [0.15, 0.2) is 10.8 Å². The summed E-state index contributed by atoms with van der Waals surface area (Å²) >= 11 is 8.32. The lowest BCUT2D eigenvalue weighted by atomic mass is 10.0. The normalized spacial score (nSPS) is 18.9. The predicted octanol–water partition coefficient (Wildman–Crippen LogP) is 0.258. The molecule has 238 valence electrons. The minimum atomic E-state index is -1.41. The molecule has 0 radical (unpaired) electrons. The zero-order chi connectivity index (χ0) is 32.4. The lowest BCUT2D eigenvalue weighted by molar-refractivity contribution is -0.664. The zero-order valence-corrected chi connectivity index (χ0v) is 26.4. The maximum atomic E-state index is 13.3. The molecule has 2 amide bonds. The number of amides is 2. The van der Waals surface area contributed by atoms with Crippen molar-refractivity contribution >= 4 is 80.5 Å². The third-order valence-electron chi connectivity index (χ3n) is 7.07. The zero-order valence-electron chi connectivity index (χ0n) is 24.0. The van der Waals surface area contributed by atoms with Crippen LogP contribution in [0.25, 0.3) is 11.2 Å². The van der Waals surface area contributed by atoms with Crippen LogP contribution in [0, 0.1) is 0 Å². The van der Waals surface area contributed by atoms with Gasteiger partial charge in [-0.05, 0) is 44.1 Å². The highest BCUT2D eigenvalue weighted by Gasteiger charge is 2.54. The summed E-state index contributed by atoms with van der Waals surface area (Å²) in [5.41, 5.74) is 6.99. The highest BCUT2D eigenvalue weighted by molar-refractivity contribution is 8.00. The lowest BCUT2D eigenvalue weighted by Gasteiger charge is -2.49. The summed E-state index contributed by atoms with van der Waals surface area (Å²) < 4.78 is 3.88. The number of carbonyl (C=O) groups excluding carboxylic acids is 2. The van der Waals surface area contributed by atoms with Crippen LogP contribution in [-0.2, 0) is 37.1 Å². The Labute approximate surface area is 268 Å². The first kappa shape index (κ1) is 32.1. The second-order valence-electron chi connectivity index (χ2n) is 10.1. The standard InChI is InChI=1S/C26H28ClN9O7S2/c1-12(24(39)40)43-33-16(15-19(27)45-26(28)32-15)21(37)31-17-22(38)36-18(25(41)42)13(10-44-23(17)36)9-34-7-3-5-14-20(34)30-11-35(14)8-4-6-29-2/h3,5,7,11-12,17,23,29H,4,6,8-10H2,1-2H3,(H4-,28,31,32,37,39,40,41,42)/p+1/b33-16-/t12-,17?,23+/m0/s1. The molecule has 1 unspecified atom stereocenters. The average Bonchev–Trinajstić information content (AvgIpc) is 3.57. The number of nitrogens with zero attached hydrogens (tertiary/aromatic N) is 6. The number of nitrogens with one attached hydrogen (secondary N) is 2. The molecular formula is C26H29ClN9O7S2+. The van der Waals surface area contributed by atoms with E-state index >= 15 is 0 Å². The van der Waals surface area contributed by atoms with Crippen LogP contribution in [0.15, 0.2) is 41.1 Å². The highest BCUT2D eigenvalue weighted by atomic mass is 35.5. The number of imidazole rings is 1. The summed E-state index contributed by atoms with van der Waals surface area (Å²) in [5.74, 6) is -3.92. The van der Waals surface area contributed by atoms with E-state index in [0.29, 0.717) is 11.2 Å². The van der Waals surface area contributed by atoms with E-state index < -0.39 is 47.0 Å². The van der Waals surface area contributed by atoms with Gasteiger partial charge in [-0.15, -0.1) is 11.8 Å². The number of aliphatic carboxylic acids is 2. The number of hydrogen-bond donors (Lipinski definition) is 5. The summed E-state index contributed by atoms with van der Waals surface area (Å²) in [7, 11) is 1.89. The van der Waals surface area contributed by atoms with E-state index in [-0.39, 0.29) is 33.2 Å². The van der Waals surface area contributed by atoms with Gasteiger partial charge in [0.2, 0.25) is 12.4 Å². The number of carboxylic acids is 2. The Hall–Kier alpha value is -4.26. The molecule has 1 saturated heterocycles. The van der Waals surface area contributed by atoms with Gasteiger partial charge in [0.05, 0.1) is 6.20 Å². The van der Waals surface area contributed by atoms with Crippen LogP contribution in [0.5, 0.6) is 0 Å². The first-order valence-corrected chi connectivity index (χ1v) is 15.8. The number of halogens is 1. The number of oxime groups is 1. The van der Waals surface area contributed by atoms with Crippen molar-refractivity contribution in [1.82, 2.24) is 30.1 Å². The smallest absolute Gasteiger partial charge is 0.352 e. The van der Waals surface area contributed by atoms with Crippen molar-refractivity contribution in [3.05, 3.63) is 46.0 Å². The summed E-state index contributed by atoms with van der Waals surface area (Å²) in [6.45, 7) is 3.00. The number of carbonyl (C=O) groups is 4. The number of β-lactam (4-membered cyclic amide) rings is 1. The second-order valence-corrected chi connectivity index (χ2v) is 12.8. The van der Waals surface area contributed by atoms with E-state index in [2.05, 4.69) is 25.8 Å². The van der Waals surface area contributed by atoms with Gasteiger partial charge in [-0.1, -0.05) is 28.1 Å². The van der Waals surface area contributed by atoms with Crippen molar-refractivity contribution < 1.29 is 38.8 Å². The van der Waals surface area contributed by atoms with Crippen molar-refractivity contribution in [2.45, 2.75) is 44.0 Å². The first-order chi connectivity index (χ1) is 21.5. The molecule has 0 spiro atoms. The molecule has 3 aromatic rings. The van der Waals surface area contributed by atoms with Crippen LogP contribution in [0.3, 0.4) is 0 Å². The van der Waals surface area contributed by atoms with Gasteiger partial charge in [0.25, 0.3) is 11.8 Å². The van der Waals surface area contributed by atoms with Crippen LogP contribution in [-0.4, -0.2) is 96.0 Å².